The van der Waals surface area contributed by atoms with E-state index in [4.69, 9.17) is 5.73 Å². The van der Waals surface area contributed by atoms with Gasteiger partial charge in [0.25, 0.3) is 0 Å². The monoisotopic (exact) mass is 417 g/mol. The van der Waals surface area contributed by atoms with Crippen LogP contribution in [0.25, 0.3) is 6.08 Å². The van der Waals surface area contributed by atoms with E-state index >= 15 is 0 Å². The normalized spacial score (nSPS) is 22.9. The van der Waals surface area contributed by atoms with Gasteiger partial charge in [-0.3, -0.25) is 9.69 Å². The fraction of sp³-hybridized carbons (Fsp3) is 0.550. The number of fused-ring (bicyclic) bond motifs is 1. The predicted molar refractivity (Wildman–Crippen MR) is 113 cm³/mol. The smallest absolute Gasteiger partial charge is 0.222 e. The molecule has 2 saturated heterocycles. The SMILES string of the molecule is Cl.Cl.NCCCN1C(=O)CC[C@H]2CN(CC=Cc3ccc(F)cc3)CC[C@H]21. The van der Waals surface area contributed by atoms with E-state index in [-0.39, 0.29) is 30.6 Å². The highest BCUT2D eigenvalue weighted by molar-refractivity contribution is 5.85. The molecule has 0 radical (unpaired) electrons. The summed E-state index contributed by atoms with van der Waals surface area (Å²) in [4.78, 5) is 16.8. The van der Waals surface area contributed by atoms with E-state index in [2.05, 4.69) is 15.9 Å². The summed E-state index contributed by atoms with van der Waals surface area (Å²) in [6, 6.07) is 6.95. The molecule has 0 aromatic heterocycles. The van der Waals surface area contributed by atoms with Crippen LogP contribution in [0.3, 0.4) is 0 Å². The van der Waals surface area contributed by atoms with Gasteiger partial charge in [0.2, 0.25) is 5.91 Å². The Kier molecular flexibility index (Phi) is 10.3. The molecule has 1 aromatic rings. The van der Waals surface area contributed by atoms with Crippen molar-refractivity contribution in [1.29, 1.82) is 0 Å². The second-order valence-corrected chi connectivity index (χ2v) is 7.10. The molecule has 2 fully saturated rings. The van der Waals surface area contributed by atoms with Crippen molar-refractivity contribution in [2.45, 2.75) is 31.7 Å². The molecule has 7 heteroatoms. The molecular weight excluding hydrogens is 388 g/mol. The number of hydrogen-bond acceptors (Lipinski definition) is 3. The van der Waals surface area contributed by atoms with Gasteiger partial charge in [-0.25, -0.2) is 4.39 Å². The molecule has 0 unspecified atom stereocenters. The van der Waals surface area contributed by atoms with E-state index in [0.717, 1.165) is 51.0 Å². The van der Waals surface area contributed by atoms with Gasteiger partial charge in [0.15, 0.2) is 0 Å². The van der Waals surface area contributed by atoms with Gasteiger partial charge in [-0.05, 0) is 49.4 Å². The van der Waals surface area contributed by atoms with E-state index in [1.165, 1.54) is 12.1 Å². The topological polar surface area (TPSA) is 49.6 Å². The summed E-state index contributed by atoms with van der Waals surface area (Å²) in [6.45, 7) is 4.41. The van der Waals surface area contributed by atoms with E-state index in [9.17, 15) is 9.18 Å². The van der Waals surface area contributed by atoms with Crippen LogP contribution >= 0.6 is 24.8 Å². The Morgan fingerprint density at radius 3 is 2.63 bits per heavy atom. The lowest BCUT2D eigenvalue weighted by atomic mass is 9.83. The molecule has 0 spiro atoms. The molecule has 2 N–H and O–H groups in total. The number of nitrogens with two attached hydrogens (primary N) is 1. The third-order valence-corrected chi connectivity index (χ3v) is 5.37. The number of carbonyl (C=O) groups is 1. The lowest BCUT2D eigenvalue weighted by Crippen LogP contribution is -2.56. The summed E-state index contributed by atoms with van der Waals surface area (Å²) in [5, 5.41) is 0. The first-order valence-electron chi connectivity index (χ1n) is 9.31. The summed E-state index contributed by atoms with van der Waals surface area (Å²) in [7, 11) is 0. The Balaban J connectivity index is 0.00000182. The average molecular weight is 418 g/mol. The molecule has 4 nitrogen and oxygen atoms in total. The molecule has 27 heavy (non-hydrogen) atoms. The van der Waals surface area contributed by atoms with E-state index in [0.29, 0.717) is 30.8 Å². The maximum atomic E-state index is 12.9. The first-order valence-corrected chi connectivity index (χ1v) is 9.31. The van der Waals surface area contributed by atoms with Crippen LogP contribution in [-0.4, -0.2) is 54.5 Å². The number of carbonyl (C=O) groups excluding carboxylic acids is 1. The minimum Gasteiger partial charge on any atom is -0.339 e. The number of likely N-dealkylation sites (tertiary alicyclic amines) is 2. The molecule has 2 aliphatic heterocycles. The molecule has 1 aromatic carbocycles. The zero-order chi connectivity index (χ0) is 17.6. The molecule has 3 rings (SSSR count). The zero-order valence-corrected chi connectivity index (χ0v) is 17.2. The van der Waals surface area contributed by atoms with Gasteiger partial charge < -0.3 is 10.6 Å². The van der Waals surface area contributed by atoms with Crippen molar-refractivity contribution < 1.29 is 9.18 Å². The highest BCUT2D eigenvalue weighted by Gasteiger charge is 2.38. The molecule has 2 aliphatic rings. The van der Waals surface area contributed by atoms with Gasteiger partial charge in [0.05, 0.1) is 0 Å². The van der Waals surface area contributed by atoms with Gasteiger partial charge in [0, 0.05) is 38.6 Å². The Morgan fingerprint density at radius 1 is 1.19 bits per heavy atom. The first-order chi connectivity index (χ1) is 12.2. The van der Waals surface area contributed by atoms with Crippen LogP contribution < -0.4 is 5.73 Å². The van der Waals surface area contributed by atoms with E-state index in [1.807, 2.05) is 6.08 Å². The fourth-order valence-electron chi connectivity index (χ4n) is 4.06. The van der Waals surface area contributed by atoms with Crippen molar-refractivity contribution in [3.8, 4) is 0 Å². The minimum atomic E-state index is -0.203. The number of piperidine rings is 2. The molecule has 0 aliphatic carbocycles. The Morgan fingerprint density at radius 2 is 1.93 bits per heavy atom. The summed E-state index contributed by atoms with van der Waals surface area (Å²) in [5.41, 5.74) is 6.64. The molecule has 152 valence electrons. The van der Waals surface area contributed by atoms with Crippen LogP contribution in [0, 0.1) is 11.7 Å². The third kappa shape index (κ3) is 6.46. The van der Waals surface area contributed by atoms with Gasteiger partial charge in [-0.2, -0.15) is 0 Å². The molecule has 0 saturated carbocycles. The lowest BCUT2D eigenvalue weighted by Gasteiger charge is -2.47. The standard InChI is InChI=1S/C20H28FN3O.2ClH/c21-18-7-4-16(5-8-18)3-1-12-23-14-10-19-17(15-23)6-9-20(25)24(19)13-2-11-22;;/h1,3-5,7-8,17,19H,2,6,9-15,22H2;2*1H/t17-,19+;;/m0../s1. The number of nitrogens with zero attached hydrogens (tertiary/aromatic N) is 2. The van der Waals surface area contributed by atoms with Gasteiger partial charge >= 0.3 is 0 Å². The van der Waals surface area contributed by atoms with Crippen LogP contribution in [0.4, 0.5) is 4.39 Å². The fourth-order valence-corrected chi connectivity index (χ4v) is 4.06. The minimum absolute atomic E-state index is 0. The van der Waals surface area contributed by atoms with Gasteiger partial charge in [-0.15, -0.1) is 24.8 Å². The molecule has 2 atom stereocenters. The maximum Gasteiger partial charge on any atom is 0.222 e. The van der Waals surface area contributed by atoms with Crippen molar-refractivity contribution in [2.24, 2.45) is 11.7 Å². The molecular formula is C20H30Cl2FN3O. The van der Waals surface area contributed by atoms with Crippen LogP contribution in [0.1, 0.15) is 31.2 Å². The number of halogens is 3. The second kappa shape index (κ2) is 11.6. The van der Waals surface area contributed by atoms with Gasteiger partial charge in [0.1, 0.15) is 5.82 Å². The highest BCUT2D eigenvalue weighted by Crippen LogP contribution is 2.31. The predicted octanol–water partition coefficient (Wildman–Crippen LogP) is 3.34. The van der Waals surface area contributed by atoms with E-state index in [1.54, 1.807) is 12.1 Å². The summed E-state index contributed by atoms with van der Waals surface area (Å²) < 4.78 is 12.9. The van der Waals surface area contributed by atoms with Crippen molar-refractivity contribution in [2.75, 3.05) is 32.7 Å². The number of benzene rings is 1. The summed E-state index contributed by atoms with van der Waals surface area (Å²) in [6.07, 6.45) is 7.80. The summed E-state index contributed by atoms with van der Waals surface area (Å²) >= 11 is 0. The molecule has 2 heterocycles. The quantitative estimate of drug-likeness (QED) is 0.771. The Hall–Kier alpha value is -1.14. The van der Waals surface area contributed by atoms with Crippen LogP contribution in [0.5, 0.6) is 0 Å². The zero-order valence-electron chi connectivity index (χ0n) is 15.6. The van der Waals surface area contributed by atoms with Gasteiger partial charge in [-0.1, -0.05) is 24.3 Å². The average Bonchev–Trinajstić information content (AvgIpc) is 2.63. The van der Waals surface area contributed by atoms with Crippen LogP contribution in [-0.2, 0) is 4.79 Å². The van der Waals surface area contributed by atoms with E-state index < -0.39 is 0 Å². The number of amides is 1. The lowest BCUT2D eigenvalue weighted by molar-refractivity contribution is -0.141. The highest BCUT2D eigenvalue weighted by atomic mass is 35.5. The van der Waals surface area contributed by atoms with Crippen LogP contribution in [0.15, 0.2) is 30.3 Å². The van der Waals surface area contributed by atoms with Crippen molar-refractivity contribution in [3.63, 3.8) is 0 Å². The summed E-state index contributed by atoms with van der Waals surface area (Å²) in [5.74, 6) is 0.674. The molecule has 0 bridgehead atoms. The van der Waals surface area contributed by atoms with Crippen molar-refractivity contribution in [3.05, 3.63) is 41.7 Å². The Labute approximate surface area is 173 Å². The number of rotatable bonds is 6. The first kappa shape index (κ1) is 23.9. The second-order valence-electron chi connectivity index (χ2n) is 7.10. The van der Waals surface area contributed by atoms with Crippen molar-refractivity contribution in [1.82, 2.24) is 9.80 Å². The maximum absolute atomic E-state index is 12.9. The Bertz CT molecular complexity index is 612. The molecule has 1 amide bonds. The van der Waals surface area contributed by atoms with Crippen LogP contribution in [0.2, 0.25) is 0 Å². The number of hydrogen-bond donors (Lipinski definition) is 1. The third-order valence-electron chi connectivity index (χ3n) is 5.37. The van der Waals surface area contributed by atoms with Crippen molar-refractivity contribution >= 4 is 36.8 Å². The largest absolute Gasteiger partial charge is 0.339 e.